The molecule has 160 valence electrons. The van der Waals surface area contributed by atoms with Crippen LogP contribution in [0.4, 0.5) is 0 Å². The molecule has 1 aromatic rings. The fourth-order valence-corrected chi connectivity index (χ4v) is 2.47. The van der Waals surface area contributed by atoms with Gasteiger partial charge in [-0.2, -0.15) is 0 Å². The zero-order valence-corrected chi connectivity index (χ0v) is 19.6. The molecule has 0 atom stereocenters. The lowest BCUT2D eigenvalue weighted by Gasteiger charge is -2.26. The molecule has 0 spiro atoms. The molecule has 28 heavy (non-hydrogen) atoms. The van der Waals surface area contributed by atoms with Crippen molar-refractivity contribution in [1.82, 2.24) is 25.6 Å². The number of likely N-dealkylation sites (N-methyl/N-ethyl adjacent to an activating group) is 1. The first-order valence-corrected chi connectivity index (χ1v) is 9.43. The van der Waals surface area contributed by atoms with E-state index >= 15 is 0 Å². The number of ether oxygens (including phenoxy) is 1. The van der Waals surface area contributed by atoms with Crippen molar-refractivity contribution >= 4 is 35.8 Å². The Morgan fingerprint density at radius 3 is 2.64 bits per heavy atom. The summed E-state index contributed by atoms with van der Waals surface area (Å²) in [4.78, 5) is 20.1. The Morgan fingerprint density at radius 2 is 2.04 bits per heavy atom. The van der Waals surface area contributed by atoms with Gasteiger partial charge in [-0.15, -0.1) is 24.0 Å². The molecule has 1 amide bonds. The molecule has 2 heterocycles. The fraction of sp³-hybridized carbons (Fsp3) is 0.722. The van der Waals surface area contributed by atoms with Gasteiger partial charge in [0.2, 0.25) is 5.91 Å². The van der Waals surface area contributed by atoms with Crippen LogP contribution in [0.3, 0.4) is 0 Å². The van der Waals surface area contributed by atoms with Gasteiger partial charge in [0.15, 0.2) is 11.7 Å². The van der Waals surface area contributed by atoms with Crippen LogP contribution in [0.2, 0.25) is 0 Å². The number of carbonyl (C=O) groups excluding carboxylic acids is 1. The van der Waals surface area contributed by atoms with Gasteiger partial charge in [-0.3, -0.25) is 9.69 Å². The molecule has 1 fully saturated rings. The molecular weight excluding hydrogens is 475 g/mol. The number of carbonyl (C=O) groups is 1. The number of halogens is 1. The van der Waals surface area contributed by atoms with Gasteiger partial charge in [0.05, 0.1) is 25.5 Å². The maximum Gasteiger partial charge on any atom is 0.243 e. The summed E-state index contributed by atoms with van der Waals surface area (Å²) in [5, 5.41) is 10.6. The van der Waals surface area contributed by atoms with Gasteiger partial charge >= 0.3 is 0 Å². The molecule has 1 saturated heterocycles. The number of nitrogens with zero attached hydrogens (tertiary/aromatic N) is 4. The second-order valence-corrected chi connectivity index (χ2v) is 7.06. The Labute approximate surface area is 184 Å². The van der Waals surface area contributed by atoms with Gasteiger partial charge in [0.25, 0.3) is 0 Å². The summed E-state index contributed by atoms with van der Waals surface area (Å²) in [6.07, 6.45) is 0. The molecular formula is C18H33IN6O3. The number of nitrogens with one attached hydrogen (secondary N) is 2. The summed E-state index contributed by atoms with van der Waals surface area (Å²) in [6.45, 7) is 9.76. The highest BCUT2D eigenvalue weighted by Crippen LogP contribution is 2.13. The van der Waals surface area contributed by atoms with E-state index in [9.17, 15) is 4.79 Å². The molecule has 9 nitrogen and oxygen atoms in total. The van der Waals surface area contributed by atoms with Crippen molar-refractivity contribution in [2.45, 2.75) is 26.3 Å². The Balaban J connectivity index is 0.00000392. The predicted molar refractivity (Wildman–Crippen MR) is 119 cm³/mol. The van der Waals surface area contributed by atoms with Crippen molar-refractivity contribution in [3.8, 4) is 0 Å². The summed E-state index contributed by atoms with van der Waals surface area (Å²) < 4.78 is 10.7. The van der Waals surface area contributed by atoms with Gasteiger partial charge in [-0.1, -0.05) is 19.0 Å². The van der Waals surface area contributed by atoms with E-state index in [2.05, 4.69) is 39.5 Å². The molecule has 2 N–H and O–H groups in total. The van der Waals surface area contributed by atoms with Crippen LogP contribution in [0.15, 0.2) is 15.6 Å². The standard InChI is InChI=1S/C18H32N6O3.HI/c1-14(2)16-11-15(27-22-16)12-20-18(21-13-17(25)23(3)4)19-5-6-24-7-9-26-10-8-24;/h11,14H,5-10,12-13H2,1-4H3,(H2,19,20,21);1H. The van der Waals surface area contributed by atoms with Crippen molar-refractivity contribution in [3.63, 3.8) is 0 Å². The largest absolute Gasteiger partial charge is 0.379 e. The predicted octanol–water partition coefficient (Wildman–Crippen LogP) is 0.872. The van der Waals surface area contributed by atoms with Gasteiger partial charge in [-0.25, -0.2) is 4.99 Å². The molecule has 0 bridgehead atoms. The van der Waals surface area contributed by atoms with Crippen molar-refractivity contribution in [3.05, 3.63) is 17.5 Å². The topological polar surface area (TPSA) is 95.2 Å². The van der Waals surface area contributed by atoms with Crippen LogP contribution in [-0.4, -0.2) is 86.9 Å². The summed E-state index contributed by atoms with van der Waals surface area (Å²) >= 11 is 0. The third-order valence-electron chi connectivity index (χ3n) is 4.29. The van der Waals surface area contributed by atoms with Crippen LogP contribution < -0.4 is 10.6 Å². The lowest BCUT2D eigenvalue weighted by Crippen LogP contribution is -2.44. The molecule has 0 aliphatic carbocycles. The molecule has 0 aromatic carbocycles. The zero-order chi connectivity index (χ0) is 19.6. The first-order chi connectivity index (χ1) is 13.0. The second kappa shape index (κ2) is 12.9. The van der Waals surface area contributed by atoms with E-state index in [-0.39, 0.29) is 36.4 Å². The Kier molecular flexibility index (Phi) is 11.4. The van der Waals surface area contributed by atoms with Crippen molar-refractivity contribution in [2.75, 3.05) is 60.0 Å². The summed E-state index contributed by atoms with van der Waals surface area (Å²) in [6, 6.07) is 1.94. The molecule has 10 heteroatoms. The third kappa shape index (κ3) is 8.74. The Hall–Kier alpha value is -1.40. The zero-order valence-electron chi connectivity index (χ0n) is 17.2. The van der Waals surface area contributed by atoms with E-state index < -0.39 is 0 Å². The summed E-state index contributed by atoms with van der Waals surface area (Å²) in [5.74, 6) is 1.59. The number of guanidine groups is 1. The van der Waals surface area contributed by atoms with Crippen LogP contribution in [0.5, 0.6) is 0 Å². The van der Waals surface area contributed by atoms with E-state index in [1.165, 1.54) is 4.90 Å². The summed E-state index contributed by atoms with van der Waals surface area (Å²) in [7, 11) is 3.44. The number of rotatable bonds is 8. The number of hydrogen-bond donors (Lipinski definition) is 2. The monoisotopic (exact) mass is 508 g/mol. The van der Waals surface area contributed by atoms with Crippen LogP contribution in [-0.2, 0) is 16.1 Å². The minimum absolute atomic E-state index is 0. The minimum Gasteiger partial charge on any atom is -0.379 e. The van der Waals surface area contributed by atoms with Gasteiger partial charge in [0, 0.05) is 46.3 Å². The highest BCUT2D eigenvalue weighted by atomic mass is 127. The first kappa shape index (κ1) is 24.6. The lowest BCUT2D eigenvalue weighted by atomic mass is 10.1. The lowest BCUT2D eigenvalue weighted by molar-refractivity contribution is -0.127. The van der Waals surface area contributed by atoms with Crippen LogP contribution in [0.1, 0.15) is 31.2 Å². The minimum atomic E-state index is -0.0500. The van der Waals surface area contributed by atoms with E-state index in [1.807, 2.05) is 6.07 Å². The number of amides is 1. The smallest absolute Gasteiger partial charge is 0.243 e. The highest BCUT2D eigenvalue weighted by Gasteiger charge is 2.11. The van der Waals surface area contributed by atoms with Gasteiger partial charge < -0.3 is 24.8 Å². The molecule has 0 unspecified atom stereocenters. The second-order valence-electron chi connectivity index (χ2n) is 7.06. The maximum atomic E-state index is 11.8. The van der Waals surface area contributed by atoms with Gasteiger partial charge in [0.1, 0.15) is 6.54 Å². The van der Waals surface area contributed by atoms with Crippen molar-refractivity contribution in [2.24, 2.45) is 4.99 Å². The summed E-state index contributed by atoms with van der Waals surface area (Å²) in [5.41, 5.74) is 0.924. The molecule has 2 rings (SSSR count). The number of hydrogen-bond acceptors (Lipinski definition) is 6. The molecule has 1 aromatic heterocycles. The average Bonchev–Trinajstić information content (AvgIpc) is 3.13. The molecule has 1 aliphatic rings. The van der Waals surface area contributed by atoms with Crippen molar-refractivity contribution < 1.29 is 14.1 Å². The first-order valence-electron chi connectivity index (χ1n) is 9.43. The van der Waals surface area contributed by atoms with Gasteiger partial charge in [-0.05, 0) is 5.92 Å². The SMILES string of the molecule is CC(C)c1cc(CNC(=NCC(=O)N(C)C)NCCN2CCOCC2)on1.I. The molecule has 0 saturated carbocycles. The van der Waals surface area contributed by atoms with Crippen LogP contribution in [0.25, 0.3) is 0 Å². The van der Waals surface area contributed by atoms with E-state index in [0.29, 0.717) is 18.4 Å². The Bertz CT molecular complexity index is 614. The maximum absolute atomic E-state index is 11.8. The van der Waals surface area contributed by atoms with Crippen LogP contribution >= 0.6 is 24.0 Å². The highest BCUT2D eigenvalue weighted by molar-refractivity contribution is 14.0. The average molecular weight is 508 g/mol. The van der Waals surface area contributed by atoms with Crippen molar-refractivity contribution in [1.29, 1.82) is 0 Å². The number of aliphatic imine (C=N–C) groups is 1. The van der Waals surface area contributed by atoms with E-state index in [0.717, 1.165) is 50.8 Å². The quantitative estimate of drug-likeness (QED) is 0.306. The van der Waals surface area contributed by atoms with E-state index in [1.54, 1.807) is 14.1 Å². The third-order valence-corrected chi connectivity index (χ3v) is 4.29. The van der Waals surface area contributed by atoms with E-state index in [4.69, 9.17) is 9.26 Å². The molecule has 0 radical (unpaired) electrons. The fourth-order valence-electron chi connectivity index (χ4n) is 2.47. The number of aromatic nitrogens is 1. The molecule has 1 aliphatic heterocycles. The normalized spacial score (nSPS) is 15.2. The Morgan fingerprint density at radius 1 is 1.32 bits per heavy atom. The number of morpholine rings is 1. The van der Waals surface area contributed by atoms with Crippen LogP contribution in [0, 0.1) is 0 Å².